The molecule has 5 nitrogen and oxygen atoms in total. The highest BCUT2D eigenvalue weighted by Crippen LogP contribution is 2.41. The van der Waals surface area contributed by atoms with Gasteiger partial charge in [0.15, 0.2) is 5.13 Å². The SMILES string of the molecule is CC1=CC(C(=O)N2CCC(F)(F)CC2)=CCC1COc1ccc(C)cc1-c1csc(N2C[C@@H]3CC[C@@H](C3)C2)n1. The number of carbonyl (C=O) groups is 1. The van der Waals surface area contributed by atoms with Crippen LogP contribution in [0.3, 0.4) is 0 Å². The molecule has 0 N–H and O–H groups in total. The Bertz CT molecular complexity index is 1280. The summed E-state index contributed by atoms with van der Waals surface area (Å²) in [5.41, 5.74) is 4.82. The fourth-order valence-electron chi connectivity index (χ4n) is 6.50. The Balaban J connectivity index is 1.10. The monoisotopic (exact) mass is 553 g/mol. The van der Waals surface area contributed by atoms with Crippen LogP contribution in [0, 0.1) is 24.7 Å². The van der Waals surface area contributed by atoms with Gasteiger partial charge in [-0.2, -0.15) is 0 Å². The lowest BCUT2D eigenvalue weighted by Crippen LogP contribution is -2.43. The molecule has 3 heterocycles. The Morgan fingerprint density at radius 2 is 1.90 bits per heavy atom. The number of ether oxygens (including phenoxy) is 1. The van der Waals surface area contributed by atoms with Crippen LogP contribution in [-0.2, 0) is 4.79 Å². The lowest BCUT2D eigenvalue weighted by atomic mass is 9.89. The van der Waals surface area contributed by atoms with E-state index in [0.29, 0.717) is 18.6 Å². The number of piperidine rings is 2. The second-order valence-electron chi connectivity index (χ2n) is 11.9. The van der Waals surface area contributed by atoms with Crippen LogP contribution in [0.1, 0.15) is 51.0 Å². The van der Waals surface area contributed by atoms with E-state index >= 15 is 0 Å². The van der Waals surface area contributed by atoms with E-state index in [1.54, 1.807) is 16.2 Å². The van der Waals surface area contributed by atoms with Gasteiger partial charge in [-0.3, -0.25) is 4.79 Å². The van der Waals surface area contributed by atoms with Gasteiger partial charge in [0.25, 0.3) is 11.8 Å². The number of allylic oxidation sites excluding steroid dienone is 1. The normalized spacial score (nSPS) is 26.3. The molecule has 0 radical (unpaired) electrons. The van der Waals surface area contributed by atoms with Crippen LogP contribution in [-0.4, -0.2) is 54.5 Å². The zero-order valence-corrected chi connectivity index (χ0v) is 23.6. The number of aromatic nitrogens is 1. The average molecular weight is 554 g/mol. The van der Waals surface area contributed by atoms with E-state index in [1.165, 1.54) is 24.8 Å². The quantitative estimate of drug-likeness (QED) is 0.391. The number of hydrogen-bond acceptors (Lipinski definition) is 5. The Hall–Kier alpha value is -2.74. The Labute approximate surface area is 233 Å². The first kappa shape index (κ1) is 26.5. The van der Waals surface area contributed by atoms with Gasteiger partial charge in [-0.25, -0.2) is 13.8 Å². The number of carbonyl (C=O) groups excluding carboxylic acids is 1. The molecule has 1 aromatic carbocycles. The van der Waals surface area contributed by atoms with Crippen molar-refractivity contribution < 1.29 is 18.3 Å². The third-order valence-electron chi connectivity index (χ3n) is 8.90. The lowest BCUT2D eigenvalue weighted by Gasteiger charge is -2.32. The molecule has 39 heavy (non-hydrogen) atoms. The van der Waals surface area contributed by atoms with Crippen molar-refractivity contribution in [2.45, 2.75) is 58.3 Å². The number of thiazole rings is 1. The molecule has 208 valence electrons. The Morgan fingerprint density at radius 3 is 2.62 bits per heavy atom. The molecule has 1 unspecified atom stereocenters. The van der Waals surface area contributed by atoms with Gasteiger partial charge in [-0.05, 0) is 63.5 Å². The number of nitrogens with zero attached hydrogens (tertiary/aromatic N) is 3. The largest absolute Gasteiger partial charge is 0.492 e. The van der Waals surface area contributed by atoms with Crippen LogP contribution in [0.15, 0.2) is 46.9 Å². The van der Waals surface area contributed by atoms with E-state index in [0.717, 1.165) is 52.6 Å². The highest BCUT2D eigenvalue weighted by atomic mass is 32.1. The summed E-state index contributed by atoms with van der Waals surface area (Å²) in [6.07, 6.45) is 8.09. The van der Waals surface area contributed by atoms with Crippen molar-refractivity contribution in [2.75, 3.05) is 37.7 Å². The second kappa shape index (κ2) is 10.7. The van der Waals surface area contributed by atoms with Gasteiger partial charge in [0.1, 0.15) is 5.75 Å². The number of amides is 1. The van der Waals surface area contributed by atoms with Crippen molar-refractivity contribution in [1.29, 1.82) is 0 Å². The van der Waals surface area contributed by atoms with Crippen LogP contribution >= 0.6 is 11.3 Å². The molecule has 2 aliphatic carbocycles. The van der Waals surface area contributed by atoms with E-state index in [9.17, 15) is 13.6 Å². The maximum atomic E-state index is 13.5. The summed E-state index contributed by atoms with van der Waals surface area (Å²) in [7, 11) is 0. The summed E-state index contributed by atoms with van der Waals surface area (Å²) in [5, 5.41) is 3.26. The molecule has 2 saturated heterocycles. The standard InChI is InChI=1S/C31H37F2N3O2S/c1-20-3-8-28(26(13-20)27-19-39-30(34-27)36-16-22-4-5-23(15-22)17-36)38-18-25-7-6-24(14-21(25)2)29(37)35-11-9-31(32,33)10-12-35/h3,6,8,13-14,19,22-23,25H,4-5,7,9-12,15-18H2,1-2H3/t22-,23+,25?. The van der Waals surface area contributed by atoms with Crippen molar-refractivity contribution in [2.24, 2.45) is 17.8 Å². The zero-order valence-electron chi connectivity index (χ0n) is 22.8. The van der Waals surface area contributed by atoms with Crippen molar-refractivity contribution >= 4 is 22.4 Å². The maximum absolute atomic E-state index is 13.5. The lowest BCUT2D eigenvalue weighted by molar-refractivity contribution is -0.132. The number of hydrogen-bond donors (Lipinski definition) is 0. The number of rotatable bonds is 6. The third kappa shape index (κ3) is 5.76. The summed E-state index contributed by atoms with van der Waals surface area (Å²) in [6.45, 7) is 7.06. The highest BCUT2D eigenvalue weighted by molar-refractivity contribution is 7.14. The molecular formula is C31H37F2N3O2S. The summed E-state index contributed by atoms with van der Waals surface area (Å²) >= 11 is 1.72. The first-order valence-electron chi connectivity index (χ1n) is 14.2. The van der Waals surface area contributed by atoms with E-state index in [-0.39, 0.29) is 37.8 Å². The molecule has 8 heteroatoms. The van der Waals surface area contributed by atoms with Crippen LogP contribution < -0.4 is 9.64 Å². The molecule has 0 spiro atoms. The number of likely N-dealkylation sites (tertiary alicyclic amines) is 1. The van der Waals surface area contributed by atoms with E-state index in [1.807, 2.05) is 25.1 Å². The smallest absolute Gasteiger partial charge is 0.253 e. The summed E-state index contributed by atoms with van der Waals surface area (Å²) in [6, 6.07) is 6.25. The number of benzene rings is 1. The Morgan fingerprint density at radius 1 is 1.15 bits per heavy atom. The molecule has 2 aromatic rings. The highest BCUT2D eigenvalue weighted by Gasteiger charge is 2.36. The summed E-state index contributed by atoms with van der Waals surface area (Å²) < 4.78 is 33.4. The fourth-order valence-corrected chi connectivity index (χ4v) is 7.35. The van der Waals surface area contributed by atoms with E-state index < -0.39 is 5.92 Å². The molecule has 3 fully saturated rings. The summed E-state index contributed by atoms with van der Waals surface area (Å²) in [5.74, 6) is -0.203. The minimum atomic E-state index is -2.66. The minimum absolute atomic E-state index is 0.107. The van der Waals surface area contributed by atoms with Crippen LogP contribution in [0.2, 0.25) is 0 Å². The first-order chi connectivity index (χ1) is 18.7. The van der Waals surface area contributed by atoms with Crippen molar-refractivity contribution in [3.63, 3.8) is 0 Å². The van der Waals surface area contributed by atoms with Gasteiger partial charge in [-0.15, -0.1) is 11.3 Å². The van der Waals surface area contributed by atoms with E-state index in [2.05, 4.69) is 29.3 Å². The van der Waals surface area contributed by atoms with Crippen LogP contribution in [0.4, 0.5) is 13.9 Å². The summed E-state index contributed by atoms with van der Waals surface area (Å²) in [4.78, 5) is 22.0. The van der Waals surface area contributed by atoms with Crippen molar-refractivity contribution in [1.82, 2.24) is 9.88 Å². The minimum Gasteiger partial charge on any atom is -0.492 e. The molecular weight excluding hydrogens is 516 g/mol. The third-order valence-corrected chi connectivity index (χ3v) is 9.80. The number of aryl methyl sites for hydroxylation is 1. The van der Waals surface area contributed by atoms with Gasteiger partial charge in [0, 0.05) is 61.5 Å². The van der Waals surface area contributed by atoms with E-state index in [4.69, 9.17) is 9.72 Å². The average Bonchev–Trinajstić information content (AvgIpc) is 3.54. The van der Waals surface area contributed by atoms with Crippen molar-refractivity contribution in [3.05, 3.63) is 52.4 Å². The Kier molecular flexibility index (Phi) is 7.25. The molecule has 2 aliphatic heterocycles. The molecule has 2 bridgehead atoms. The number of halogens is 2. The molecule has 4 aliphatic rings. The number of alkyl halides is 2. The van der Waals surface area contributed by atoms with Crippen LogP contribution in [0.25, 0.3) is 11.3 Å². The molecule has 6 rings (SSSR count). The zero-order chi connectivity index (χ0) is 27.1. The van der Waals surface area contributed by atoms with Gasteiger partial charge >= 0.3 is 0 Å². The van der Waals surface area contributed by atoms with Crippen molar-refractivity contribution in [3.8, 4) is 17.0 Å². The molecule has 1 amide bonds. The predicted octanol–water partition coefficient (Wildman–Crippen LogP) is 6.88. The molecule has 1 aromatic heterocycles. The topological polar surface area (TPSA) is 45.7 Å². The molecule has 3 atom stereocenters. The second-order valence-corrected chi connectivity index (χ2v) is 12.7. The predicted molar refractivity (Wildman–Crippen MR) is 152 cm³/mol. The van der Waals surface area contributed by atoms with Gasteiger partial charge in [0.2, 0.25) is 0 Å². The number of fused-ring (bicyclic) bond motifs is 2. The number of anilines is 1. The van der Waals surface area contributed by atoms with Gasteiger partial charge in [-0.1, -0.05) is 29.4 Å². The van der Waals surface area contributed by atoms with Crippen LogP contribution in [0.5, 0.6) is 5.75 Å². The van der Waals surface area contributed by atoms with Gasteiger partial charge < -0.3 is 14.5 Å². The maximum Gasteiger partial charge on any atom is 0.253 e. The first-order valence-corrected chi connectivity index (χ1v) is 15.1. The van der Waals surface area contributed by atoms with Gasteiger partial charge in [0.05, 0.1) is 12.3 Å². The molecule has 1 saturated carbocycles. The fraction of sp³-hybridized carbons (Fsp3) is 0.548.